The molecule has 1 amide bonds. The van der Waals surface area contributed by atoms with Crippen LogP contribution in [0.4, 0.5) is 4.79 Å². The van der Waals surface area contributed by atoms with Gasteiger partial charge in [0.05, 0.1) is 18.6 Å². The molecule has 1 aliphatic carbocycles. The number of amides is 1. The van der Waals surface area contributed by atoms with Crippen molar-refractivity contribution in [1.82, 2.24) is 4.90 Å². The van der Waals surface area contributed by atoms with E-state index in [1.165, 1.54) is 0 Å². The molecule has 3 rings (SSSR count). The molecule has 1 N–H and O–H groups in total. The Balaban J connectivity index is 1.93. The Morgan fingerprint density at radius 3 is 2.62 bits per heavy atom. The van der Waals surface area contributed by atoms with Gasteiger partial charge in [-0.1, -0.05) is 24.3 Å². The summed E-state index contributed by atoms with van der Waals surface area (Å²) in [6.45, 7) is 9.88. The van der Waals surface area contributed by atoms with E-state index in [4.69, 9.17) is 9.47 Å². The van der Waals surface area contributed by atoms with Crippen molar-refractivity contribution in [2.45, 2.75) is 77.0 Å². The molecule has 1 aromatic carbocycles. The number of fused-ring (bicyclic) bond motifs is 2. The number of ether oxygens (including phenoxy) is 2. The molecule has 1 fully saturated rings. The van der Waals surface area contributed by atoms with Gasteiger partial charge in [0.15, 0.2) is 0 Å². The number of piperidine rings is 1. The lowest BCUT2D eigenvalue weighted by Gasteiger charge is -2.47. The Kier molecular flexibility index (Phi) is 5.95. The summed E-state index contributed by atoms with van der Waals surface area (Å²) < 4.78 is 10.9. The van der Waals surface area contributed by atoms with Crippen LogP contribution in [0.5, 0.6) is 0 Å². The smallest absolute Gasteiger partial charge is 0.410 e. The van der Waals surface area contributed by atoms with Crippen LogP contribution in [-0.2, 0) is 19.7 Å². The minimum atomic E-state index is -0.611. The molecule has 1 heterocycles. The van der Waals surface area contributed by atoms with Gasteiger partial charge in [0.25, 0.3) is 0 Å². The van der Waals surface area contributed by atoms with Crippen molar-refractivity contribution < 1.29 is 24.2 Å². The summed E-state index contributed by atoms with van der Waals surface area (Å²) in [5.41, 5.74) is 1.23. The lowest BCUT2D eigenvalue weighted by atomic mass is 9.69. The molecular formula is C23H33NO5. The Morgan fingerprint density at radius 1 is 1.28 bits per heavy atom. The first-order valence-corrected chi connectivity index (χ1v) is 10.5. The normalized spacial score (nSPS) is 27.4. The first kappa shape index (κ1) is 21.6. The summed E-state index contributed by atoms with van der Waals surface area (Å²) in [7, 11) is 0. The first-order chi connectivity index (χ1) is 13.6. The van der Waals surface area contributed by atoms with Gasteiger partial charge >= 0.3 is 12.1 Å². The van der Waals surface area contributed by atoms with Crippen LogP contribution in [0, 0.1) is 5.92 Å². The highest BCUT2D eigenvalue weighted by atomic mass is 16.6. The first-order valence-electron chi connectivity index (χ1n) is 10.5. The lowest BCUT2D eigenvalue weighted by molar-refractivity contribution is -0.150. The monoisotopic (exact) mass is 403 g/mol. The highest BCUT2D eigenvalue weighted by Gasteiger charge is 2.51. The van der Waals surface area contributed by atoms with Crippen molar-refractivity contribution in [3.05, 3.63) is 35.4 Å². The van der Waals surface area contributed by atoms with Crippen molar-refractivity contribution in [1.29, 1.82) is 0 Å². The molecule has 4 atom stereocenters. The molecule has 1 saturated heterocycles. The number of carbonyl (C=O) groups excluding carboxylic acids is 2. The van der Waals surface area contributed by atoms with E-state index in [1.807, 2.05) is 45.9 Å². The molecule has 1 spiro atoms. The molecule has 1 aliphatic heterocycles. The fraction of sp³-hybridized carbons (Fsp3) is 0.652. The number of carbonyl (C=O) groups is 2. The number of esters is 1. The maximum absolute atomic E-state index is 12.9. The fourth-order valence-electron chi connectivity index (χ4n) is 4.83. The molecule has 1 aromatic rings. The van der Waals surface area contributed by atoms with Crippen molar-refractivity contribution in [2.75, 3.05) is 13.2 Å². The number of rotatable bonds is 3. The SMILES string of the molecule is CCOC(=O)C(C)C1CC2(CCN1C(=O)OC(C)(C)C)CC(O)c1ccccc12. The van der Waals surface area contributed by atoms with E-state index in [0.29, 0.717) is 26.0 Å². The highest BCUT2D eigenvalue weighted by Crippen LogP contribution is 2.52. The second kappa shape index (κ2) is 7.98. The van der Waals surface area contributed by atoms with Gasteiger partial charge in [0, 0.05) is 18.0 Å². The molecular weight excluding hydrogens is 370 g/mol. The van der Waals surface area contributed by atoms with Gasteiger partial charge in [-0.3, -0.25) is 4.79 Å². The Hall–Kier alpha value is -2.08. The van der Waals surface area contributed by atoms with E-state index < -0.39 is 23.7 Å². The van der Waals surface area contributed by atoms with Crippen LogP contribution in [0.25, 0.3) is 0 Å². The van der Waals surface area contributed by atoms with Crippen LogP contribution in [-0.4, -0.2) is 46.9 Å². The number of likely N-dealkylation sites (tertiary alicyclic amines) is 1. The van der Waals surface area contributed by atoms with E-state index in [0.717, 1.165) is 17.5 Å². The highest BCUT2D eigenvalue weighted by molar-refractivity contribution is 5.75. The minimum absolute atomic E-state index is 0.250. The van der Waals surface area contributed by atoms with Gasteiger partial charge in [-0.15, -0.1) is 0 Å². The predicted molar refractivity (Wildman–Crippen MR) is 109 cm³/mol. The molecule has 0 saturated carbocycles. The van der Waals surface area contributed by atoms with Gasteiger partial charge < -0.3 is 19.5 Å². The molecule has 6 nitrogen and oxygen atoms in total. The second-order valence-electron chi connectivity index (χ2n) is 9.32. The van der Waals surface area contributed by atoms with Crippen LogP contribution in [0.2, 0.25) is 0 Å². The summed E-state index contributed by atoms with van der Waals surface area (Å²) in [5.74, 6) is -0.792. The Bertz CT molecular complexity index is 771. The average Bonchev–Trinajstić information content (AvgIpc) is 2.92. The van der Waals surface area contributed by atoms with Crippen LogP contribution in [0.3, 0.4) is 0 Å². The number of hydrogen-bond acceptors (Lipinski definition) is 5. The lowest BCUT2D eigenvalue weighted by Crippen LogP contribution is -2.55. The molecule has 160 valence electrons. The van der Waals surface area contributed by atoms with E-state index in [-0.39, 0.29) is 17.4 Å². The van der Waals surface area contributed by atoms with Gasteiger partial charge in [0.2, 0.25) is 0 Å². The van der Waals surface area contributed by atoms with Crippen LogP contribution >= 0.6 is 0 Å². The van der Waals surface area contributed by atoms with Crippen molar-refractivity contribution in [2.24, 2.45) is 5.92 Å². The topological polar surface area (TPSA) is 76.1 Å². The maximum atomic E-state index is 12.9. The molecule has 2 aliphatic rings. The van der Waals surface area contributed by atoms with Gasteiger partial charge in [-0.25, -0.2) is 4.79 Å². The van der Waals surface area contributed by atoms with E-state index in [1.54, 1.807) is 11.8 Å². The molecule has 4 unspecified atom stereocenters. The third-order valence-electron chi connectivity index (χ3n) is 6.17. The van der Waals surface area contributed by atoms with Crippen molar-refractivity contribution in [3.8, 4) is 0 Å². The average molecular weight is 404 g/mol. The number of aliphatic hydroxyl groups is 1. The molecule has 0 bridgehead atoms. The number of aliphatic hydroxyl groups excluding tert-OH is 1. The van der Waals surface area contributed by atoms with Crippen LogP contribution in [0.1, 0.15) is 71.1 Å². The quantitative estimate of drug-likeness (QED) is 0.773. The van der Waals surface area contributed by atoms with Crippen LogP contribution < -0.4 is 0 Å². The fourth-order valence-corrected chi connectivity index (χ4v) is 4.83. The molecule has 0 aromatic heterocycles. The maximum Gasteiger partial charge on any atom is 0.410 e. The number of benzene rings is 1. The standard InChI is InChI=1S/C23H33NO5/c1-6-28-20(26)15(2)18-13-23(11-12-24(18)21(27)29-22(3,4)5)14-19(25)16-9-7-8-10-17(16)23/h7-10,15,18-19,25H,6,11-14H2,1-5H3. The molecule has 29 heavy (non-hydrogen) atoms. The zero-order valence-electron chi connectivity index (χ0n) is 18.1. The summed E-state index contributed by atoms with van der Waals surface area (Å²) in [4.78, 5) is 27.2. The van der Waals surface area contributed by atoms with Crippen LogP contribution in [0.15, 0.2) is 24.3 Å². The van der Waals surface area contributed by atoms with Gasteiger partial charge in [-0.05, 0) is 65.0 Å². The Labute approximate surface area is 173 Å². The summed E-state index contributed by atoms with van der Waals surface area (Å²) in [6.07, 6.45) is 1.02. The van der Waals surface area contributed by atoms with Gasteiger partial charge in [0.1, 0.15) is 5.60 Å². The third kappa shape index (κ3) is 4.27. The van der Waals surface area contributed by atoms with E-state index in [2.05, 4.69) is 6.07 Å². The van der Waals surface area contributed by atoms with E-state index >= 15 is 0 Å². The third-order valence-corrected chi connectivity index (χ3v) is 6.17. The summed E-state index contributed by atoms with van der Waals surface area (Å²) in [5, 5.41) is 10.6. The summed E-state index contributed by atoms with van der Waals surface area (Å²) >= 11 is 0. The molecule has 0 radical (unpaired) electrons. The minimum Gasteiger partial charge on any atom is -0.466 e. The van der Waals surface area contributed by atoms with Crippen molar-refractivity contribution >= 4 is 12.1 Å². The zero-order chi connectivity index (χ0) is 21.4. The zero-order valence-corrected chi connectivity index (χ0v) is 18.1. The van der Waals surface area contributed by atoms with Gasteiger partial charge in [-0.2, -0.15) is 0 Å². The number of nitrogens with zero attached hydrogens (tertiary/aromatic N) is 1. The largest absolute Gasteiger partial charge is 0.466 e. The predicted octanol–water partition coefficient (Wildman–Crippen LogP) is 3.96. The molecule has 6 heteroatoms. The van der Waals surface area contributed by atoms with Crippen molar-refractivity contribution in [3.63, 3.8) is 0 Å². The second-order valence-corrected chi connectivity index (χ2v) is 9.32. The Morgan fingerprint density at radius 2 is 1.97 bits per heavy atom. The summed E-state index contributed by atoms with van der Waals surface area (Å²) in [6, 6.07) is 7.62. The number of hydrogen-bond donors (Lipinski definition) is 1. The van der Waals surface area contributed by atoms with E-state index in [9.17, 15) is 14.7 Å².